The maximum Gasteiger partial charge on any atom is 0.416 e. The number of hydrogen-bond donors (Lipinski definition) is 1. The molecule has 21 heavy (non-hydrogen) atoms. The first-order chi connectivity index (χ1) is 9.75. The lowest BCUT2D eigenvalue weighted by atomic mass is 10.1. The van der Waals surface area contributed by atoms with E-state index in [1.54, 1.807) is 12.1 Å². The summed E-state index contributed by atoms with van der Waals surface area (Å²) in [6.07, 6.45) is -4.52. The molecule has 0 spiro atoms. The van der Waals surface area contributed by atoms with Gasteiger partial charge in [0, 0.05) is 16.6 Å². The number of benzene rings is 2. The molecule has 2 aromatic carbocycles. The molecule has 1 N–H and O–H groups in total. The van der Waals surface area contributed by atoms with Gasteiger partial charge in [0.2, 0.25) is 0 Å². The molecule has 0 aromatic heterocycles. The van der Waals surface area contributed by atoms with Crippen LogP contribution in [0.4, 0.5) is 23.2 Å². The van der Waals surface area contributed by atoms with Crippen LogP contribution in [0.2, 0.25) is 10.0 Å². The van der Waals surface area contributed by atoms with Gasteiger partial charge in [0.05, 0.1) is 11.3 Å². The standard InChI is InChI=1S/C14H9Cl2F4N/c15-10-3-8(4-11(16)6-10)7-21-13-5-9(14(18,19)20)1-2-12(13)17/h1-6,21H,7H2. The van der Waals surface area contributed by atoms with Crippen LogP contribution >= 0.6 is 23.2 Å². The zero-order valence-corrected chi connectivity index (χ0v) is 12.0. The predicted octanol–water partition coefficient (Wildman–Crippen LogP) is 5.76. The van der Waals surface area contributed by atoms with Crippen LogP contribution in [-0.4, -0.2) is 0 Å². The van der Waals surface area contributed by atoms with Crippen molar-refractivity contribution in [2.45, 2.75) is 12.7 Å². The lowest BCUT2D eigenvalue weighted by Gasteiger charge is -2.12. The fourth-order valence-electron chi connectivity index (χ4n) is 1.75. The molecule has 0 radical (unpaired) electrons. The van der Waals surface area contributed by atoms with Crippen LogP contribution in [0.25, 0.3) is 0 Å². The quantitative estimate of drug-likeness (QED) is 0.701. The third kappa shape index (κ3) is 4.25. The monoisotopic (exact) mass is 337 g/mol. The lowest BCUT2D eigenvalue weighted by Crippen LogP contribution is -2.08. The van der Waals surface area contributed by atoms with Gasteiger partial charge >= 0.3 is 6.18 Å². The van der Waals surface area contributed by atoms with E-state index in [-0.39, 0.29) is 12.2 Å². The first-order valence-corrected chi connectivity index (χ1v) is 6.57. The van der Waals surface area contributed by atoms with Crippen LogP contribution in [0, 0.1) is 5.82 Å². The summed E-state index contributed by atoms with van der Waals surface area (Å²) in [5.41, 5.74) is -0.527. The molecule has 0 bridgehead atoms. The van der Waals surface area contributed by atoms with Crippen molar-refractivity contribution in [2.75, 3.05) is 5.32 Å². The summed E-state index contributed by atoms with van der Waals surface area (Å²) in [6.45, 7) is 0.0957. The molecule has 112 valence electrons. The third-order valence-electron chi connectivity index (χ3n) is 2.70. The second-order valence-electron chi connectivity index (χ2n) is 4.32. The molecule has 0 atom stereocenters. The van der Waals surface area contributed by atoms with Gasteiger partial charge in [-0.15, -0.1) is 0 Å². The topological polar surface area (TPSA) is 12.0 Å². The molecule has 0 fully saturated rings. The Morgan fingerprint density at radius 2 is 1.57 bits per heavy atom. The molecule has 0 amide bonds. The predicted molar refractivity (Wildman–Crippen MR) is 75.2 cm³/mol. The molecule has 0 aliphatic carbocycles. The Kier molecular flexibility index (Phi) is 4.64. The minimum Gasteiger partial charge on any atom is -0.379 e. The Hall–Kier alpha value is -1.46. The van der Waals surface area contributed by atoms with Crippen molar-refractivity contribution in [3.05, 3.63) is 63.4 Å². The van der Waals surface area contributed by atoms with Crippen molar-refractivity contribution in [3.8, 4) is 0 Å². The van der Waals surface area contributed by atoms with Crippen LogP contribution in [0.3, 0.4) is 0 Å². The molecule has 0 unspecified atom stereocenters. The molecule has 0 heterocycles. The highest BCUT2D eigenvalue weighted by Crippen LogP contribution is 2.32. The van der Waals surface area contributed by atoms with Gasteiger partial charge < -0.3 is 5.32 Å². The lowest BCUT2D eigenvalue weighted by molar-refractivity contribution is -0.137. The number of nitrogens with one attached hydrogen (secondary N) is 1. The number of anilines is 1. The van der Waals surface area contributed by atoms with Crippen LogP contribution in [0.1, 0.15) is 11.1 Å². The molecular weight excluding hydrogens is 329 g/mol. The van der Waals surface area contributed by atoms with Gasteiger partial charge in [0.15, 0.2) is 0 Å². The highest BCUT2D eigenvalue weighted by atomic mass is 35.5. The summed E-state index contributed by atoms with van der Waals surface area (Å²) in [7, 11) is 0. The summed E-state index contributed by atoms with van der Waals surface area (Å²) in [4.78, 5) is 0. The van der Waals surface area contributed by atoms with Crippen molar-refractivity contribution < 1.29 is 17.6 Å². The van der Waals surface area contributed by atoms with Gasteiger partial charge in [-0.25, -0.2) is 4.39 Å². The van der Waals surface area contributed by atoms with E-state index in [0.29, 0.717) is 21.7 Å². The Labute approximate surface area is 128 Å². The van der Waals surface area contributed by atoms with E-state index in [0.717, 1.165) is 12.1 Å². The van der Waals surface area contributed by atoms with Crippen LogP contribution < -0.4 is 5.32 Å². The zero-order chi connectivity index (χ0) is 15.6. The van der Waals surface area contributed by atoms with Crippen LogP contribution in [-0.2, 0) is 12.7 Å². The third-order valence-corrected chi connectivity index (χ3v) is 3.14. The van der Waals surface area contributed by atoms with Gasteiger partial charge in [-0.2, -0.15) is 13.2 Å². The van der Waals surface area contributed by atoms with Crippen molar-refractivity contribution >= 4 is 28.9 Å². The first-order valence-electron chi connectivity index (χ1n) is 5.81. The Morgan fingerprint density at radius 1 is 0.952 bits per heavy atom. The van der Waals surface area contributed by atoms with E-state index in [9.17, 15) is 17.6 Å². The largest absolute Gasteiger partial charge is 0.416 e. The molecule has 0 aliphatic rings. The van der Waals surface area contributed by atoms with Crippen molar-refractivity contribution in [1.29, 1.82) is 0 Å². The Balaban J connectivity index is 2.19. The second-order valence-corrected chi connectivity index (χ2v) is 5.20. The molecule has 0 aliphatic heterocycles. The summed E-state index contributed by atoms with van der Waals surface area (Å²) in [5.74, 6) is -0.767. The van der Waals surface area contributed by atoms with Crippen molar-refractivity contribution in [2.24, 2.45) is 0 Å². The first kappa shape index (κ1) is 15.9. The van der Waals surface area contributed by atoms with Crippen LogP contribution in [0.5, 0.6) is 0 Å². The van der Waals surface area contributed by atoms with Gasteiger partial charge in [-0.05, 0) is 42.0 Å². The van der Waals surface area contributed by atoms with Gasteiger partial charge in [-0.1, -0.05) is 23.2 Å². The second kappa shape index (κ2) is 6.12. The summed E-state index contributed by atoms with van der Waals surface area (Å²) < 4.78 is 51.3. The average Bonchev–Trinajstić information content (AvgIpc) is 2.35. The van der Waals surface area contributed by atoms with Crippen LogP contribution in [0.15, 0.2) is 36.4 Å². The summed E-state index contributed by atoms with van der Waals surface area (Å²) >= 11 is 11.6. The zero-order valence-electron chi connectivity index (χ0n) is 10.4. The molecule has 0 saturated heterocycles. The van der Waals surface area contributed by atoms with Crippen molar-refractivity contribution in [3.63, 3.8) is 0 Å². The van der Waals surface area contributed by atoms with Crippen molar-refractivity contribution in [1.82, 2.24) is 0 Å². The SMILES string of the molecule is Fc1ccc(C(F)(F)F)cc1NCc1cc(Cl)cc(Cl)c1. The molecule has 2 aromatic rings. The summed E-state index contributed by atoms with van der Waals surface area (Å²) in [5, 5.41) is 3.39. The highest BCUT2D eigenvalue weighted by Gasteiger charge is 2.31. The summed E-state index contributed by atoms with van der Waals surface area (Å²) in [6, 6.07) is 6.89. The highest BCUT2D eigenvalue weighted by molar-refractivity contribution is 6.34. The van der Waals surface area contributed by atoms with E-state index in [1.165, 1.54) is 6.07 Å². The van der Waals surface area contributed by atoms with E-state index < -0.39 is 17.6 Å². The molecule has 1 nitrogen and oxygen atoms in total. The molecule has 0 saturated carbocycles. The number of alkyl halides is 3. The molecular formula is C14H9Cl2F4N. The molecule has 7 heteroatoms. The van der Waals surface area contributed by atoms with Gasteiger partial charge in [0.25, 0.3) is 0 Å². The van der Waals surface area contributed by atoms with E-state index in [1.807, 2.05) is 0 Å². The minimum atomic E-state index is -4.52. The fourth-order valence-corrected chi connectivity index (χ4v) is 2.32. The normalized spacial score (nSPS) is 11.5. The maximum atomic E-state index is 13.5. The average molecular weight is 338 g/mol. The van der Waals surface area contributed by atoms with E-state index >= 15 is 0 Å². The number of hydrogen-bond acceptors (Lipinski definition) is 1. The minimum absolute atomic E-state index is 0.0957. The Bertz CT molecular complexity index is 636. The van der Waals surface area contributed by atoms with Gasteiger partial charge in [-0.3, -0.25) is 0 Å². The smallest absolute Gasteiger partial charge is 0.379 e. The van der Waals surface area contributed by atoms with Gasteiger partial charge in [0.1, 0.15) is 5.82 Å². The van der Waals surface area contributed by atoms with E-state index in [2.05, 4.69) is 5.32 Å². The maximum absolute atomic E-state index is 13.5. The number of halogens is 6. The molecule has 2 rings (SSSR count). The van der Waals surface area contributed by atoms with E-state index in [4.69, 9.17) is 23.2 Å². The number of rotatable bonds is 3. The Morgan fingerprint density at radius 3 is 2.14 bits per heavy atom. The fraction of sp³-hybridized carbons (Fsp3) is 0.143.